The van der Waals surface area contributed by atoms with Crippen molar-refractivity contribution in [3.63, 3.8) is 0 Å². The molecule has 0 radical (unpaired) electrons. The molecular formula is C6H4ClN3O2S. The Morgan fingerprint density at radius 3 is 2.92 bits per heavy atom. The molecule has 2 heterocycles. The largest absolute Gasteiger partial charge is 0.280 e. The second-order valence-electron chi connectivity index (χ2n) is 2.36. The third-order valence-electron chi connectivity index (χ3n) is 1.52. The molecule has 1 N–H and O–H groups in total. The standard InChI is InChI=1S/C6H4ClN3O2S/c7-13(11,12)6-5-4(9-10-6)2-1-3-8-5/h1-3H,(H,9,10). The summed E-state index contributed by atoms with van der Waals surface area (Å²) in [6.45, 7) is 0. The van der Waals surface area contributed by atoms with E-state index in [0.29, 0.717) is 5.52 Å². The van der Waals surface area contributed by atoms with Crippen molar-refractivity contribution < 1.29 is 8.42 Å². The molecular weight excluding hydrogens is 214 g/mol. The first kappa shape index (κ1) is 8.46. The Kier molecular flexibility index (Phi) is 1.74. The number of aromatic nitrogens is 3. The van der Waals surface area contributed by atoms with Crippen molar-refractivity contribution in [2.24, 2.45) is 0 Å². The highest BCUT2D eigenvalue weighted by Gasteiger charge is 2.17. The summed E-state index contributed by atoms with van der Waals surface area (Å²) in [6.07, 6.45) is 1.48. The van der Waals surface area contributed by atoms with Crippen LogP contribution in [0.5, 0.6) is 0 Å². The number of rotatable bonds is 1. The normalized spacial score (nSPS) is 12.1. The van der Waals surface area contributed by atoms with Crippen LogP contribution in [0, 0.1) is 0 Å². The highest BCUT2D eigenvalue weighted by Crippen LogP contribution is 2.20. The number of pyridine rings is 1. The van der Waals surface area contributed by atoms with Gasteiger partial charge < -0.3 is 0 Å². The van der Waals surface area contributed by atoms with Crippen LogP contribution in [0.25, 0.3) is 11.0 Å². The molecule has 0 spiro atoms. The van der Waals surface area contributed by atoms with Crippen molar-refractivity contribution in [1.82, 2.24) is 15.2 Å². The molecule has 0 aliphatic rings. The van der Waals surface area contributed by atoms with E-state index in [-0.39, 0.29) is 10.5 Å². The van der Waals surface area contributed by atoms with Gasteiger partial charge in [-0.25, -0.2) is 8.42 Å². The van der Waals surface area contributed by atoms with Gasteiger partial charge in [0, 0.05) is 16.9 Å². The van der Waals surface area contributed by atoms with Crippen LogP contribution in [0.2, 0.25) is 0 Å². The molecule has 13 heavy (non-hydrogen) atoms. The van der Waals surface area contributed by atoms with Crippen LogP contribution in [0.3, 0.4) is 0 Å². The molecule has 0 saturated heterocycles. The molecule has 0 unspecified atom stereocenters. The van der Waals surface area contributed by atoms with E-state index in [0.717, 1.165) is 0 Å². The smallest absolute Gasteiger partial charge is 0.264 e. The first-order valence-corrected chi connectivity index (χ1v) is 5.64. The lowest BCUT2D eigenvalue weighted by Gasteiger charge is -1.89. The average molecular weight is 218 g/mol. The molecule has 5 nitrogen and oxygen atoms in total. The summed E-state index contributed by atoms with van der Waals surface area (Å²) in [7, 11) is 1.35. The van der Waals surface area contributed by atoms with Crippen molar-refractivity contribution in [2.75, 3.05) is 0 Å². The highest BCUT2D eigenvalue weighted by molar-refractivity contribution is 8.13. The zero-order valence-corrected chi connectivity index (χ0v) is 7.80. The molecule has 0 fully saturated rings. The predicted octanol–water partition coefficient (Wildman–Crippen LogP) is 0.885. The van der Waals surface area contributed by atoms with E-state index in [1.807, 2.05) is 0 Å². The Balaban J connectivity index is 2.87. The second-order valence-corrected chi connectivity index (χ2v) is 4.86. The van der Waals surface area contributed by atoms with E-state index < -0.39 is 9.05 Å². The maximum absolute atomic E-state index is 11.0. The average Bonchev–Trinajstić information content (AvgIpc) is 2.45. The summed E-state index contributed by atoms with van der Waals surface area (Å²) in [5.41, 5.74) is 0.735. The van der Waals surface area contributed by atoms with Gasteiger partial charge in [-0.2, -0.15) is 5.10 Å². The predicted molar refractivity (Wildman–Crippen MR) is 46.9 cm³/mol. The SMILES string of the molecule is O=S(=O)(Cl)c1[nH]nc2cccnc12. The molecule has 68 valence electrons. The number of nitrogens with one attached hydrogen (secondary N) is 1. The Hall–Kier alpha value is -1.14. The van der Waals surface area contributed by atoms with Gasteiger partial charge in [-0.05, 0) is 12.1 Å². The topological polar surface area (TPSA) is 75.7 Å². The minimum atomic E-state index is -3.79. The van der Waals surface area contributed by atoms with E-state index in [9.17, 15) is 8.42 Å². The molecule has 0 aromatic carbocycles. The van der Waals surface area contributed by atoms with Gasteiger partial charge in [-0.15, -0.1) is 0 Å². The molecule has 0 atom stereocenters. The van der Waals surface area contributed by atoms with E-state index in [1.54, 1.807) is 12.1 Å². The lowest BCUT2D eigenvalue weighted by atomic mass is 10.4. The van der Waals surface area contributed by atoms with E-state index in [4.69, 9.17) is 10.7 Å². The summed E-state index contributed by atoms with van der Waals surface area (Å²) < 4.78 is 21.9. The quantitative estimate of drug-likeness (QED) is 0.720. The molecule has 0 aliphatic carbocycles. The lowest BCUT2D eigenvalue weighted by Crippen LogP contribution is -1.92. The van der Waals surface area contributed by atoms with Crippen molar-refractivity contribution in [2.45, 2.75) is 5.03 Å². The fourth-order valence-electron chi connectivity index (χ4n) is 0.996. The molecule has 2 aromatic rings. The third-order valence-corrected chi connectivity index (χ3v) is 2.76. The molecule has 0 saturated carbocycles. The highest BCUT2D eigenvalue weighted by atomic mass is 35.7. The van der Waals surface area contributed by atoms with Crippen LogP contribution in [0.4, 0.5) is 0 Å². The fourth-order valence-corrected chi connectivity index (χ4v) is 1.86. The van der Waals surface area contributed by atoms with E-state index in [1.165, 1.54) is 6.20 Å². The Labute approximate surface area is 78.2 Å². The summed E-state index contributed by atoms with van der Waals surface area (Å²) in [5.74, 6) is 0. The Morgan fingerprint density at radius 1 is 1.46 bits per heavy atom. The summed E-state index contributed by atoms with van der Waals surface area (Å²) in [5, 5.41) is 5.89. The first-order chi connectivity index (χ1) is 6.09. The van der Waals surface area contributed by atoms with Crippen LogP contribution in [-0.2, 0) is 9.05 Å². The zero-order chi connectivity index (χ0) is 9.47. The summed E-state index contributed by atoms with van der Waals surface area (Å²) in [4.78, 5) is 3.85. The fraction of sp³-hybridized carbons (Fsp3) is 0. The van der Waals surface area contributed by atoms with Crippen molar-refractivity contribution in [1.29, 1.82) is 0 Å². The first-order valence-electron chi connectivity index (χ1n) is 3.33. The number of H-pyrrole nitrogens is 1. The molecule has 7 heteroatoms. The van der Waals surface area contributed by atoms with Gasteiger partial charge in [0.2, 0.25) is 0 Å². The van der Waals surface area contributed by atoms with Crippen LogP contribution in [-0.4, -0.2) is 23.6 Å². The third kappa shape index (κ3) is 1.38. The van der Waals surface area contributed by atoms with E-state index >= 15 is 0 Å². The second kappa shape index (κ2) is 2.68. The van der Waals surface area contributed by atoms with E-state index in [2.05, 4.69) is 15.2 Å². The molecule has 0 amide bonds. The Morgan fingerprint density at radius 2 is 2.23 bits per heavy atom. The number of fused-ring (bicyclic) bond motifs is 1. The summed E-state index contributed by atoms with van der Waals surface area (Å²) >= 11 is 0. The monoisotopic (exact) mass is 217 g/mol. The van der Waals surface area contributed by atoms with Gasteiger partial charge in [0.1, 0.15) is 11.0 Å². The molecule has 0 bridgehead atoms. The molecule has 0 aliphatic heterocycles. The molecule has 2 rings (SSSR count). The van der Waals surface area contributed by atoms with Crippen molar-refractivity contribution >= 4 is 30.8 Å². The number of aromatic amines is 1. The maximum atomic E-state index is 11.0. The minimum Gasteiger partial charge on any atom is -0.264 e. The van der Waals surface area contributed by atoms with Crippen molar-refractivity contribution in [3.05, 3.63) is 18.3 Å². The van der Waals surface area contributed by atoms with Gasteiger partial charge in [0.15, 0.2) is 5.03 Å². The number of nitrogens with zero attached hydrogens (tertiary/aromatic N) is 2. The van der Waals surface area contributed by atoms with Gasteiger partial charge in [0.05, 0.1) is 0 Å². The number of halogens is 1. The van der Waals surface area contributed by atoms with Gasteiger partial charge in [0.25, 0.3) is 9.05 Å². The van der Waals surface area contributed by atoms with Crippen molar-refractivity contribution in [3.8, 4) is 0 Å². The summed E-state index contributed by atoms with van der Waals surface area (Å²) in [6, 6.07) is 3.30. The number of hydrogen-bond acceptors (Lipinski definition) is 4. The zero-order valence-electron chi connectivity index (χ0n) is 6.23. The lowest BCUT2D eigenvalue weighted by molar-refractivity contribution is 0.606. The maximum Gasteiger partial charge on any atom is 0.280 e. The molecule has 2 aromatic heterocycles. The minimum absolute atomic E-state index is 0.162. The van der Waals surface area contributed by atoms with Crippen LogP contribution in [0.1, 0.15) is 0 Å². The van der Waals surface area contributed by atoms with Crippen LogP contribution in [0.15, 0.2) is 23.4 Å². The number of hydrogen-bond donors (Lipinski definition) is 1. The van der Waals surface area contributed by atoms with Crippen LogP contribution >= 0.6 is 10.7 Å². The van der Waals surface area contributed by atoms with Gasteiger partial charge in [-0.3, -0.25) is 10.1 Å². The Bertz CT molecular complexity index is 548. The van der Waals surface area contributed by atoms with Gasteiger partial charge >= 0.3 is 0 Å². The van der Waals surface area contributed by atoms with Gasteiger partial charge in [-0.1, -0.05) is 0 Å². The van der Waals surface area contributed by atoms with Crippen LogP contribution < -0.4 is 0 Å².